The molecular formula is C21H31N3O4. The minimum atomic E-state index is -0.952. The standard InChI is InChI=1S/C21H31N3O4/c1-3-27-19-17(10-22-20(23-19)28-4-2)21(25)8-7-16-12-24(13-18(16)21)11-15-6-5-9-26-14-15/h6,10,16,18,25H,3-5,7-9,11-14H2,1-2H3/t16-,18+,21+/m1/s1. The third-order valence-electron chi connectivity index (χ3n) is 6.19. The summed E-state index contributed by atoms with van der Waals surface area (Å²) in [5.74, 6) is 1.10. The van der Waals surface area contributed by atoms with Crippen LogP contribution in [0.15, 0.2) is 17.8 Å². The van der Waals surface area contributed by atoms with Gasteiger partial charge in [0.2, 0.25) is 5.88 Å². The third-order valence-corrected chi connectivity index (χ3v) is 6.19. The highest BCUT2D eigenvalue weighted by molar-refractivity contribution is 5.34. The van der Waals surface area contributed by atoms with Crippen molar-refractivity contribution in [1.29, 1.82) is 0 Å². The van der Waals surface area contributed by atoms with Crippen LogP contribution in [0.1, 0.15) is 38.7 Å². The van der Waals surface area contributed by atoms with Crippen LogP contribution < -0.4 is 9.47 Å². The molecule has 2 fully saturated rings. The number of hydrogen-bond acceptors (Lipinski definition) is 7. The van der Waals surface area contributed by atoms with Gasteiger partial charge in [-0.2, -0.15) is 4.98 Å². The van der Waals surface area contributed by atoms with Crippen molar-refractivity contribution in [2.24, 2.45) is 11.8 Å². The van der Waals surface area contributed by atoms with E-state index >= 15 is 0 Å². The van der Waals surface area contributed by atoms with Gasteiger partial charge in [0, 0.05) is 31.7 Å². The summed E-state index contributed by atoms with van der Waals surface area (Å²) in [4.78, 5) is 11.2. The van der Waals surface area contributed by atoms with Gasteiger partial charge in [0.05, 0.1) is 32.0 Å². The third kappa shape index (κ3) is 3.75. The Labute approximate surface area is 166 Å². The van der Waals surface area contributed by atoms with E-state index in [1.807, 2.05) is 13.8 Å². The smallest absolute Gasteiger partial charge is 0.319 e. The Hall–Kier alpha value is -1.70. The maximum atomic E-state index is 11.7. The molecule has 1 aromatic rings. The second-order valence-electron chi connectivity index (χ2n) is 7.96. The first-order valence-electron chi connectivity index (χ1n) is 10.5. The topological polar surface area (TPSA) is 76.9 Å². The lowest BCUT2D eigenvalue weighted by molar-refractivity contribution is -0.00965. The van der Waals surface area contributed by atoms with E-state index in [1.165, 1.54) is 5.57 Å². The molecule has 0 bridgehead atoms. The molecule has 1 aliphatic carbocycles. The summed E-state index contributed by atoms with van der Waals surface area (Å²) in [5.41, 5.74) is 1.10. The van der Waals surface area contributed by atoms with Gasteiger partial charge in [-0.1, -0.05) is 6.08 Å². The Balaban J connectivity index is 1.54. The SMILES string of the molecule is CCOc1ncc([C@@]2(O)CC[C@@H]3CN(CC4=CCCOC4)C[C@@H]32)c(OCC)n1. The van der Waals surface area contributed by atoms with Crippen LogP contribution in [0.4, 0.5) is 0 Å². The Bertz CT molecular complexity index is 726. The second kappa shape index (κ2) is 8.35. The summed E-state index contributed by atoms with van der Waals surface area (Å²) < 4.78 is 16.8. The molecule has 1 saturated carbocycles. The molecule has 0 amide bonds. The summed E-state index contributed by atoms with van der Waals surface area (Å²) in [5, 5.41) is 11.7. The van der Waals surface area contributed by atoms with Crippen LogP contribution in [0.5, 0.6) is 11.9 Å². The number of nitrogens with zero attached hydrogens (tertiary/aromatic N) is 3. The van der Waals surface area contributed by atoms with Crippen LogP contribution in [-0.2, 0) is 10.3 Å². The van der Waals surface area contributed by atoms with Crippen LogP contribution in [0.25, 0.3) is 0 Å². The van der Waals surface area contributed by atoms with Gasteiger partial charge in [-0.25, -0.2) is 4.98 Å². The van der Waals surface area contributed by atoms with E-state index in [1.54, 1.807) is 6.20 Å². The molecule has 0 radical (unpaired) electrons. The number of rotatable bonds is 7. The fraction of sp³-hybridized carbons (Fsp3) is 0.714. The van der Waals surface area contributed by atoms with E-state index in [0.717, 1.165) is 52.1 Å². The van der Waals surface area contributed by atoms with Crippen molar-refractivity contribution in [2.45, 2.75) is 38.7 Å². The van der Waals surface area contributed by atoms with E-state index in [4.69, 9.17) is 14.2 Å². The normalized spacial score (nSPS) is 30.2. The number of ether oxygens (including phenoxy) is 3. The summed E-state index contributed by atoms with van der Waals surface area (Å²) in [6, 6.07) is 0.296. The molecule has 2 aliphatic heterocycles. The first kappa shape index (κ1) is 19.6. The zero-order valence-corrected chi connectivity index (χ0v) is 16.9. The van der Waals surface area contributed by atoms with Crippen molar-refractivity contribution in [3.63, 3.8) is 0 Å². The molecule has 0 spiro atoms. The summed E-state index contributed by atoms with van der Waals surface area (Å²) in [6.45, 7) is 9.18. The molecule has 7 heteroatoms. The molecule has 3 heterocycles. The Kier molecular flexibility index (Phi) is 5.85. The molecule has 0 unspecified atom stereocenters. The highest BCUT2D eigenvalue weighted by atomic mass is 16.5. The maximum Gasteiger partial charge on any atom is 0.319 e. The van der Waals surface area contributed by atoms with Crippen LogP contribution >= 0.6 is 0 Å². The zero-order chi connectivity index (χ0) is 19.6. The van der Waals surface area contributed by atoms with Crippen molar-refractivity contribution in [3.8, 4) is 11.9 Å². The van der Waals surface area contributed by atoms with Crippen molar-refractivity contribution >= 4 is 0 Å². The van der Waals surface area contributed by atoms with E-state index < -0.39 is 5.60 Å². The fourth-order valence-corrected chi connectivity index (χ4v) is 4.95. The van der Waals surface area contributed by atoms with Crippen LogP contribution in [0.3, 0.4) is 0 Å². The number of hydrogen-bond donors (Lipinski definition) is 1. The van der Waals surface area contributed by atoms with Gasteiger partial charge >= 0.3 is 6.01 Å². The van der Waals surface area contributed by atoms with Crippen molar-refractivity contribution < 1.29 is 19.3 Å². The Morgan fingerprint density at radius 3 is 2.89 bits per heavy atom. The van der Waals surface area contributed by atoms with Crippen LogP contribution in [-0.4, -0.2) is 66.0 Å². The van der Waals surface area contributed by atoms with Gasteiger partial charge in [-0.05, 0) is 44.6 Å². The largest absolute Gasteiger partial charge is 0.478 e. The Morgan fingerprint density at radius 1 is 1.29 bits per heavy atom. The quantitative estimate of drug-likeness (QED) is 0.716. The monoisotopic (exact) mass is 389 g/mol. The van der Waals surface area contributed by atoms with Crippen LogP contribution in [0, 0.1) is 11.8 Å². The highest BCUT2D eigenvalue weighted by Crippen LogP contribution is 2.52. The highest BCUT2D eigenvalue weighted by Gasteiger charge is 2.54. The predicted molar refractivity (Wildman–Crippen MR) is 104 cm³/mol. The van der Waals surface area contributed by atoms with Crippen molar-refractivity contribution in [2.75, 3.05) is 46.1 Å². The second-order valence-corrected chi connectivity index (χ2v) is 7.96. The average Bonchev–Trinajstić information content (AvgIpc) is 3.24. The molecular weight excluding hydrogens is 358 g/mol. The molecule has 28 heavy (non-hydrogen) atoms. The lowest BCUT2D eigenvalue weighted by atomic mass is 9.83. The minimum Gasteiger partial charge on any atom is -0.478 e. The fourth-order valence-electron chi connectivity index (χ4n) is 4.95. The summed E-state index contributed by atoms with van der Waals surface area (Å²) >= 11 is 0. The van der Waals surface area contributed by atoms with Crippen LogP contribution in [0.2, 0.25) is 0 Å². The molecule has 4 rings (SSSR count). The number of aromatic nitrogens is 2. The van der Waals surface area contributed by atoms with Gasteiger partial charge in [-0.15, -0.1) is 0 Å². The zero-order valence-electron chi connectivity index (χ0n) is 16.9. The summed E-state index contributed by atoms with van der Waals surface area (Å²) in [6.07, 6.45) is 6.73. The predicted octanol–water partition coefficient (Wildman–Crippen LogP) is 2.15. The molecule has 1 N–H and O–H groups in total. The van der Waals surface area contributed by atoms with Gasteiger partial charge in [0.1, 0.15) is 5.60 Å². The van der Waals surface area contributed by atoms with Gasteiger partial charge in [0.15, 0.2) is 0 Å². The molecule has 7 nitrogen and oxygen atoms in total. The van der Waals surface area contributed by atoms with Gasteiger partial charge in [0.25, 0.3) is 0 Å². The first-order chi connectivity index (χ1) is 13.6. The average molecular weight is 389 g/mol. The summed E-state index contributed by atoms with van der Waals surface area (Å²) in [7, 11) is 0. The minimum absolute atomic E-state index is 0.165. The van der Waals surface area contributed by atoms with Crippen molar-refractivity contribution in [1.82, 2.24) is 14.9 Å². The molecule has 1 saturated heterocycles. The van der Waals surface area contributed by atoms with Crippen molar-refractivity contribution in [3.05, 3.63) is 23.4 Å². The van der Waals surface area contributed by atoms with Gasteiger partial charge < -0.3 is 19.3 Å². The molecule has 154 valence electrons. The van der Waals surface area contributed by atoms with E-state index in [-0.39, 0.29) is 5.92 Å². The maximum absolute atomic E-state index is 11.7. The molecule has 1 aromatic heterocycles. The Morgan fingerprint density at radius 2 is 2.14 bits per heavy atom. The van der Waals surface area contributed by atoms with E-state index in [9.17, 15) is 5.11 Å². The van der Waals surface area contributed by atoms with Gasteiger partial charge in [-0.3, -0.25) is 4.90 Å². The van der Waals surface area contributed by atoms with E-state index in [2.05, 4.69) is 20.9 Å². The van der Waals surface area contributed by atoms with E-state index in [0.29, 0.717) is 36.6 Å². The first-order valence-corrected chi connectivity index (χ1v) is 10.5. The lowest BCUT2D eigenvalue weighted by Crippen LogP contribution is -2.36. The number of fused-ring (bicyclic) bond motifs is 1. The lowest BCUT2D eigenvalue weighted by Gasteiger charge is -2.31. The molecule has 3 aliphatic rings. The number of aliphatic hydroxyl groups is 1. The molecule has 3 atom stereocenters. The molecule has 0 aromatic carbocycles. The number of likely N-dealkylation sites (tertiary alicyclic amines) is 1.